The number of hydrogen-bond donors (Lipinski definition) is 3. The van der Waals surface area contributed by atoms with E-state index < -0.39 is 5.91 Å². The third kappa shape index (κ3) is 5.68. The summed E-state index contributed by atoms with van der Waals surface area (Å²) in [6.07, 6.45) is 11.0. The number of aliphatic hydroxyl groups is 1. The first kappa shape index (κ1) is 22.5. The van der Waals surface area contributed by atoms with Crippen molar-refractivity contribution in [3.63, 3.8) is 0 Å². The Morgan fingerprint density at radius 3 is 2.97 bits per heavy atom. The molecule has 1 fully saturated rings. The number of piperidine rings is 1. The van der Waals surface area contributed by atoms with Crippen LogP contribution in [-0.4, -0.2) is 56.9 Å². The van der Waals surface area contributed by atoms with Crippen LogP contribution in [0.1, 0.15) is 62.9 Å². The first-order valence-electron chi connectivity index (χ1n) is 11.1. The number of unbranched alkanes of at least 4 members (excludes halogenated alkanes) is 3. The summed E-state index contributed by atoms with van der Waals surface area (Å²) in [6.45, 7) is 5.11. The van der Waals surface area contributed by atoms with Gasteiger partial charge in [-0.05, 0) is 49.6 Å². The minimum Gasteiger partial charge on any atom is -0.395 e. The molecule has 2 aromatic rings. The Bertz CT molecular complexity index is 859. The molecule has 1 aliphatic heterocycles. The Kier molecular flexibility index (Phi) is 8.42. The lowest BCUT2D eigenvalue weighted by Gasteiger charge is -2.34. The van der Waals surface area contributed by atoms with Gasteiger partial charge in [0.1, 0.15) is 5.82 Å². The molecule has 0 radical (unpaired) electrons. The lowest BCUT2D eigenvalue weighted by atomic mass is 10.0. The SMILES string of the molecule is CCCCCCc1nc2cc(C=CC(=O)NO)ccc2n1C1CCCN(CCO)C1. The minimum absolute atomic E-state index is 0.193. The predicted molar refractivity (Wildman–Crippen MR) is 118 cm³/mol. The zero-order valence-electron chi connectivity index (χ0n) is 17.9. The van der Waals surface area contributed by atoms with Gasteiger partial charge in [0.05, 0.1) is 17.6 Å². The molecule has 2 heterocycles. The number of imidazole rings is 1. The van der Waals surface area contributed by atoms with Crippen LogP contribution in [0.2, 0.25) is 0 Å². The molecule has 7 heteroatoms. The van der Waals surface area contributed by atoms with E-state index in [0.29, 0.717) is 6.04 Å². The van der Waals surface area contributed by atoms with Crippen molar-refractivity contribution in [1.82, 2.24) is 19.9 Å². The highest BCUT2D eigenvalue weighted by atomic mass is 16.5. The highest BCUT2D eigenvalue weighted by Gasteiger charge is 2.24. The number of aromatic nitrogens is 2. The Labute approximate surface area is 178 Å². The smallest absolute Gasteiger partial charge is 0.267 e. The fourth-order valence-electron chi connectivity index (χ4n) is 4.36. The molecule has 30 heavy (non-hydrogen) atoms. The van der Waals surface area contributed by atoms with Gasteiger partial charge in [0, 0.05) is 31.6 Å². The minimum atomic E-state index is -0.552. The number of β-amino-alcohol motifs (C(OH)–C–C–N with tert-alkyl or cyclic N) is 1. The molecule has 1 saturated heterocycles. The van der Waals surface area contributed by atoms with Gasteiger partial charge < -0.3 is 9.67 Å². The van der Waals surface area contributed by atoms with E-state index in [1.807, 2.05) is 12.1 Å². The number of aliphatic hydroxyl groups excluding tert-OH is 1. The Morgan fingerprint density at radius 2 is 2.20 bits per heavy atom. The number of likely N-dealkylation sites (tertiary alicyclic amines) is 1. The molecule has 3 rings (SSSR count). The molecule has 0 bridgehead atoms. The molecule has 1 aromatic heterocycles. The Balaban J connectivity index is 1.90. The van der Waals surface area contributed by atoms with E-state index in [2.05, 4.69) is 22.5 Å². The zero-order valence-corrected chi connectivity index (χ0v) is 17.9. The fraction of sp³-hybridized carbons (Fsp3) is 0.565. The van der Waals surface area contributed by atoms with Crippen molar-refractivity contribution in [3.8, 4) is 0 Å². The average Bonchev–Trinajstić information content (AvgIpc) is 3.13. The third-order valence-electron chi connectivity index (χ3n) is 5.84. The molecular weight excluding hydrogens is 380 g/mol. The number of fused-ring (bicyclic) bond motifs is 1. The number of nitrogens with one attached hydrogen (secondary N) is 1. The van der Waals surface area contributed by atoms with Crippen molar-refractivity contribution in [2.75, 3.05) is 26.2 Å². The maximum atomic E-state index is 11.3. The van der Waals surface area contributed by atoms with Crippen LogP contribution < -0.4 is 5.48 Å². The number of aryl methyl sites for hydroxylation is 1. The molecule has 1 atom stereocenters. The van der Waals surface area contributed by atoms with E-state index in [-0.39, 0.29) is 6.61 Å². The molecule has 1 aliphatic rings. The number of hydrogen-bond acceptors (Lipinski definition) is 5. The number of nitrogens with zero attached hydrogens (tertiary/aromatic N) is 3. The van der Waals surface area contributed by atoms with Gasteiger partial charge in [0.15, 0.2) is 0 Å². The topological polar surface area (TPSA) is 90.6 Å². The number of rotatable bonds is 10. The summed E-state index contributed by atoms with van der Waals surface area (Å²) in [5.41, 5.74) is 4.54. The van der Waals surface area contributed by atoms with Crippen molar-refractivity contribution in [3.05, 3.63) is 35.7 Å². The van der Waals surface area contributed by atoms with Crippen molar-refractivity contribution in [2.45, 2.75) is 57.9 Å². The lowest BCUT2D eigenvalue weighted by molar-refractivity contribution is -0.124. The second-order valence-electron chi connectivity index (χ2n) is 8.09. The zero-order chi connectivity index (χ0) is 21.3. The Hall–Kier alpha value is -2.22. The number of hydroxylamine groups is 1. The largest absolute Gasteiger partial charge is 0.395 e. The maximum absolute atomic E-state index is 11.3. The third-order valence-corrected chi connectivity index (χ3v) is 5.84. The highest BCUT2D eigenvalue weighted by molar-refractivity contribution is 5.91. The van der Waals surface area contributed by atoms with Crippen molar-refractivity contribution in [2.24, 2.45) is 0 Å². The monoisotopic (exact) mass is 414 g/mol. The van der Waals surface area contributed by atoms with Gasteiger partial charge in [0.2, 0.25) is 0 Å². The molecule has 0 aliphatic carbocycles. The maximum Gasteiger partial charge on any atom is 0.267 e. The summed E-state index contributed by atoms with van der Waals surface area (Å²) in [5, 5.41) is 18.0. The Morgan fingerprint density at radius 1 is 1.33 bits per heavy atom. The molecule has 7 nitrogen and oxygen atoms in total. The molecule has 3 N–H and O–H groups in total. The summed E-state index contributed by atoms with van der Waals surface area (Å²) >= 11 is 0. The summed E-state index contributed by atoms with van der Waals surface area (Å²) in [7, 11) is 0. The van der Waals surface area contributed by atoms with Gasteiger partial charge >= 0.3 is 0 Å². The van der Waals surface area contributed by atoms with Crippen molar-refractivity contribution < 1.29 is 15.1 Å². The number of carbonyl (C=O) groups is 1. The van der Waals surface area contributed by atoms with E-state index in [0.717, 1.165) is 67.7 Å². The van der Waals surface area contributed by atoms with Gasteiger partial charge in [-0.15, -0.1) is 0 Å². The second-order valence-corrected chi connectivity index (χ2v) is 8.09. The van der Waals surface area contributed by atoms with Crippen molar-refractivity contribution >= 4 is 23.0 Å². The second kappa shape index (κ2) is 11.2. The molecule has 1 unspecified atom stereocenters. The summed E-state index contributed by atoms with van der Waals surface area (Å²) < 4.78 is 2.42. The first-order chi connectivity index (χ1) is 14.7. The quantitative estimate of drug-likeness (QED) is 0.240. The molecule has 1 amide bonds. The van der Waals surface area contributed by atoms with E-state index in [9.17, 15) is 9.90 Å². The predicted octanol–water partition coefficient (Wildman–Crippen LogP) is 3.31. The van der Waals surface area contributed by atoms with E-state index in [1.54, 1.807) is 11.6 Å². The summed E-state index contributed by atoms with van der Waals surface area (Å²) in [4.78, 5) is 18.6. The first-order valence-corrected chi connectivity index (χ1v) is 11.1. The van der Waals surface area contributed by atoms with Gasteiger partial charge in [-0.1, -0.05) is 32.3 Å². The van der Waals surface area contributed by atoms with Crippen LogP contribution in [0.5, 0.6) is 0 Å². The number of benzene rings is 1. The lowest BCUT2D eigenvalue weighted by Crippen LogP contribution is -2.38. The van der Waals surface area contributed by atoms with Crippen LogP contribution in [0.3, 0.4) is 0 Å². The fourth-order valence-corrected chi connectivity index (χ4v) is 4.36. The number of amides is 1. The van der Waals surface area contributed by atoms with Gasteiger partial charge in [-0.2, -0.15) is 0 Å². The molecule has 1 aromatic carbocycles. The summed E-state index contributed by atoms with van der Waals surface area (Å²) in [6, 6.07) is 6.42. The van der Waals surface area contributed by atoms with Crippen LogP contribution in [0, 0.1) is 0 Å². The van der Waals surface area contributed by atoms with Gasteiger partial charge in [0.25, 0.3) is 5.91 Å². The normalized spacial score (nSPS) is 17.8. The van der Waals surface area contributed by atoms with E-state index >= 15 is 0 Å². The molecule has 0 spiro atoms. The van der Waals surface area contributed by atoms with E-state index in [1.165, 1.54) is 25.3 Å². The van der Waals surface area contributed by atoms with Gasteiger partial charge in [-0.3, -0.25) is 14.9 Å². The standard InChI is InChI=1S/C23H34N4O3/c1-2-3-4-5-8-22-24-20-16-18(10-12-23(29)25-30)9-11-21(20)27(22)19-7-6-13-26(17-19)14-15-28/h9-12,16,19,28,30H,2-8,13-15,17H2,1H3,(H,25,29). The molecule has 0 saturated carbocycles. The highest BCUT2D eigenvalue weighted by Crippen LogP contribution is 2.29. The van der Waals surface area contributed by atoms with Crippen LogP contribution >= 0.6 is 0 Å². The van der Waals surface area contributed by atoms with E-state index in [4.69, 9.17) is 10.2 Å². The van der Waals surface area contributed by atoms with Gasteiger partial charge in [-0.25, -0.2) is 10.5 Å². The van der Waals surface area contributed by atoms with Crippen molar-refractivity contribution in [1.29, 1.82) is 0 Å². The number of carbonyl (C=O) groups excluding carboxylic acids is 1. The molecule has 164 valence electrons. The van der Waals surface area contributed by atoms with Crippen LogP contribution in [0.4, 0.5) is 0 Å². The van der Waals surface area contributed by atoms with Crippen LogP contribution in [0.15, 0.2) is 24.3 Å². The summed E-state index contributed by atoms with van der Waals surface area (Å²) in [5.74, 6) is 0.578. The van der Waals surface area contributed by atoms with Crippen LogP contribution in [-0.2, 0) is 11.2 Å². The molecular formula is C23H34N4O3. The average molecular weight is 415 g/mol. The van der Waals surface area contributed by atoms with Crippen LogP contribution in [0.25, 0.3) is 17.1 Å².